The third-order valence-corrected chi connectivity index (χ3v) is 7.59. The first-order chi connectivity index (χ1) is 17.4. The van der Waals surface area contributed by atoms with Crippen LogP contribution < -0.4 is 21.3 Å². The first-order valence-corrected chi connectivity index (χ1v) is 13.6. The Morgan fingerprint density at radius 3 is 2.30 bits per heavy atom. The maximum Gasteiger partial charge on any atom is 0.322 e. The van der Waals surface area contributed by atoms with E-state index in [0.29, 0.717) is 24.6 Å². The van der Waals surface area contributed by atoms with Crippen LogP contribution in [0.2, 0.25) is 0 Å². The van der Waals surface area contributed by atoms with E-state index in [1.54, 1.807) is 18.2 Å². The van der Waals surface area contributed by atoms with Gasteiger partial charge in [-0.15, -0.1) is 0 Å². The lowest BCUT2D eigenvalue weighted by atomic mass is 10.1. The Hall–Kier alpha value is -3.67. The number of nitrogens with zero attached hydrogens (tertiary/aromatic N) is 1. The number of rotatable bonds is 15. The Bertz CT molecular complexity index is 1240. The van der Waals surface area contributed by atoms with Crippen LogP contribution in [0.15, 0.2) is 41.3 Å². The minimum absolute atomic E-state index is 0.0415. The molecule has 0 saturated heterocycles. The van der Waals surface area contributed by atoms with Crippen molar-refractivity contribution in [3.05, 3.63) is 36.4 Å². The molecule has 0 aliphatic carbocycles. The van der Waals surface area contributed by atoms with Gasteiger partial charge in [-0.3, -0.25) is 19.2 Å². The molecule has 11 nitrogen and oxygen atoms in total. The molecule has 202 valence electrons. The van der Waals surface area contributed by atoms with E-state index >= 15 is 0 Å². The number of nitrogens with one attached hydrogen (secondary N) is 2. The molecule has 5 N–H and O–H groups in total. The number of hydrogen-bond acceptors (Lipinski definition) is 7. The minimum atomic E-state index is -3.55. The van der Waals surface area contributed by atoms with Gasteiger partial charge in [0.1, 0.15) is 12.6 Å². The molecule has 2 rings (SSSR count). The molecule has 2 aromatic carbocycles. The van der Waals surface area contributed by atoms with Gasteiger partial charge in [0.15, 0.2) is 9.84 Å². The van der Waals surface area contributed by atoms with E-state index in [1.165, 1.54) is 0 Å². The van der Waals surface area contributed by atoms with Crippen LogP contribution in [-0.2, 0) is 29.0 Å². The number of fused-ring (bicyclic) bond motifs is 1. The van der Waals surface area contributed by atoms with Crippen LogP contribution in [0.3, 0.4) is 0 Å². The molecular weight excluding hydrogens is 500 g/mol. The Balaban J connectivity index is 1.91. The molecule has 0 radical (unpaired) electrons. The zero-order chi connectivity index (χ0) is 27.6. The number of carbonyl (C=O) groups excluding carboxylic acids is 3. The summed E-state index contributed by atoms with van der Waals surface area (Å²) >= 11 is 0. The molecule has 0 bridgehead atoms. The number of aliphatic carboxylic acids is 1. The van der Waals surface area contributed by atoms with Crippen LogP contribution in [0.25, 0.3) is 10.8 Å². The number of benzene rings is 2. The van der Waals surface area contributed by atoms with Gasteiger partial charge in [0.05, 0.1) is 10.6 Å². The largest absolute Gasteiger partial charge is 0.480 e. The Morgan fingerprint density at radius 1 is 0.973 bits per heavy atom. The fraction of sp³-hybridized carbons (Fsp3) is 0.440. The molecule has 3 amide bonds. The number of carboxylic acid groups (broad SMARTS) is 1. The maximum atomic E-state index is 13.1. The first-order valence-electron chi connectivity index (χ1n) is 11.9. The second-order valence-electron chi connectivity index (χ2n) is 8.89. The normalized spacial score (nSPS) is 12.1. The average molecular weight is 535 g/mol. The van der Waals surface area contributed by atoms with E-state index in [2.05, 4.69) is 10.6 Å². The summed E-state index contributed by atoms with van der Waals surface area (Å²) in [6, 6.07) is 9.67. The summed E-state index contributed by atoms with van der Waals surface area (Å²) in [5, 5.41) is 14.9. The summed E-state index contributed by atoms with van der Waals surface area (Å²) in [4.78, 5) is 48.4. The molecule has 12 heteroatoms. The predicted octanol–water partition coefficient (Wildman–Crippen LogP) is 1.19. The fourth-order valence-electron chi connectivity index (χ4n) is 3.90. The highest BCUT2D eigenvalue weighted by Crippen LogP contribution is 2.31. The second-order valence-corrected chi connectivity index (χ2v) is 11.0. The quantitative estimate of drug-likeness (QED) is 0.246. The van der Waals surface area contributed by atoms with Crippen LogP contribution in [0.5, 0.6) is 0 Å². The van der Waals surface area contributed by atoms with E-state index in [9.17, 15) is 27.6 Å². The summed E-state index contributed by atoms with van der Waals surface area (Å²) in [5.41, 5.74) is 6.03. The molecule has 2 aromatic rings. The number of sulfone groups is 1. The third-order valence-electron chi connectivity index (χ3n) is 5.74. The molecule has 1 atom stereocenters. The van der Waals surface area contributed by atoms with E-state index in [0.717, 1.165) is 11.1 Å². The highest BCUT2D eigenvalue weighted by atomic mass is 32.2. The van der Waals surface area contributed by atoms with Gasteiger partial charge in [0.25, 0.3) is 0 Å². The number of unbranched alkanes of at least 4 members (excludes halogenated alkanes) is 2. The van der Waals surface area contributed by atoms with Crippen LogP contribution in [0.4, 0.5) is 5.69 Å². The molecule has 0 saturated carbocycles. The lowest BCUT2D eigenvalue weighted by Crippen LogP contribution is -2.48. The van der Waals surface area contributed by atoms with Gasteiger partial charge in [0.2, 0.25) is 17.7 Å². The van der Waals surface area contributed by atoms with Crippen LogP contribution in [0.1, 0.15) is 38.5 Å². The van der Waals surface area contributed by atoms with Crippen molar-refractivity contribution in [2.75, 3.05) is 31.3 Å². The molecule has 0 aromatic heterocycles. The smallest absolute Gasteiger partial charge is 0.322 e. The fourth-order valence-corrected chi connectivity index (χ4v) is 5.50. The SMILES string of the molecule is CN(C)c1cccc2c(S(=O)(=O)CCCCCC(=O)N[C@@H](CCC(N)=O)C(=O)NCC(=O)O)cccc12. The molecule has 0 fully saturated rings. The standard InChI is InChI=1S/C25H34N4O7S/c1-29(2)20-10-6-9-18-17(20)8-7-11-21(18)37(35,36)15-5-3-4-12-23(31)28-19(13-14-22(26)30)25(34)27-16-24(32)33/h6-11,19H,3-5,12-16H2,1-2H3,(H2,26,30)(H,27,34)(H,28,31)(H,32,33)/t19-/m0/s1. The summed E-state index contributed by atoms with van der Waals surface area (Å²) in [6.45, 7) is -0.622. The molecule has 37 heavy (non-hydrogen) atoms. The first kappa shape index (κ1) is 29.6. The lowest BCUT2D eigenvalue weighted by Gasteiger charge is -2.17. The van der Waals surface area contributed by atoms with Gasteiger partial charge in [-0.2, -0.15) is 0 Å². The number of primary amides is 1. The Labute approximate surface area is 216 Å². The van der Waals surface area contributed by atoms with Crippen molar-refractivity contribution >= 4 is 50.0 Å². The van der Waals surface area contributed by atoms with Gasteiger partial charge in [-0.05, 0) is 31.4 Å². The second kappa shape index (κ2) is 13.6. The van der Waals surface area contributed by atoms with Crippen molar-refractivity contribution in [3.63, 3.8) is 0 Å². The van der Waals surface area contributed by atoms with Crippen molar-refractivity contribution in [1.29, 1.82) is 0 Å². The Morgan fingerprint density at radius 2 is 1.65 bits per heavy atom. The molecule has 0 aliphatic rings. The van der Waals surface area contributed by atoms with Crippen molar-refractivity contribution in [2.45, 2.75) is 49.5 Å². The van der Waals surface area contributed by atoms with E-state index in [-0.39, 0.29) is 29.9 Å². The molecule has 0 spiro atoms. The minimum Gasteiger partial charge on any atom is -0.480 e. The predicted molar refractivity (Wildman–Crippen MR) is 140 cm³/mol. The van der Waals surface area contributed by atoms with Gasteiger partial charge < -0.3 is 26.4 Å². The maximum absolute atomic E-state index is 13.1. The number of anilines is 1. The summed E-state index contributed by atoms with van der Waals surface area (Å²) in [6.07, 6.45) is 1.03. The summed E-state index contributed by atoms with van der Waals surface area (Å²) in [7, 11) is 0.242. The molecule has 0 unspecified atom stereocenters. The van der Waals surface area contributed by atoms with Crippen LogP contribution >= 0.6 is 0 Å². The molecule has 0 heterocycles. The van der Waals surface area contributed by atoms with Gasteiger partial charge >= 0.3 is 5.97 Å². The summed E-state index contributed by atoms with van der Waals surface area (Å²) < 4.78 is 26.1. The van der Waals surface area contributed by atoms with Crippen molar-refractivity contribution in [3.8, 4) is 0 Å². The third kappa shape index (κ3) is 9.05. The molecule has 0 aliphatic heterocycles. The van der Waals surface area contributed by atoms with Gasteiger partial charge in [-0.1, -0.05) is 30.7 Å². The van der Waals surface area contributed by atoms with Crippen molar-refractivity contribution < 1.29 is 32.7 Å². The van der Waals surface area contributed by atoms with E-state index in [4.69, 9.17) is 10.8 Å². The van der Waals surface area contributed by atoms with Crippen LogP contribution in [-0.4, -0.2) is 69.6 Å². The van der Waals surface area contributed by atoms with Crippen molar-refractivity contribution in [2.24, 2.45) is 5.73 Å². The molecular formula is C25H34N4O7S. The average Bonchev–Trinajstić information content (AvgIpc) is 2.83. The zero-order valence-electron chi connectivity index (χ0n) is 21.0. The number of carboxylic acids is 1. The highest BCUT2D eigenvalue weighted by molar-refractivity contribution is 7.91. The number of nitrogens with two attached hydrogens (primary N) is 1. The highest BCUT2D eigenvalue weighted by Gasteiger charge is 2.22. The van der Waals surface area contributed by atoms with Crippen molar-refractivity contribution in [1.82, 2.24) is 10.6 Å². The number of amides is 3. The van der Waals surface area contributed by atoms with Crippen LogP contribution in [0, 0.1) is 0 Å². The monoisotopic (exact) mass is 534 g/mol. The number of hydrogen-bond donors (Lipinski definition) is 4. The van der Waals surface area contributed by atoms with E-state index in [1.807, 2.05) is 37.2 Å². The lowest BCUT2D eigenvalue weighted by molar-refractivity contribution is -0.138. The summed E-state index contributed by atoms with van der Waals surface area (Å²) in [5.74, 6) is -3.16. The van der Waals surface area contributed by atoms with Gasteiger partial charge in [-0.25, -0.2) is 8.42 Å². The number of carbonyl (C=O) groups is 4. The zero-order valence-corrected chi connectivity index (χ0v) is 21.8. The Kier molecular flexibility index (Phi) is 10.9. The topological polar surface area (TPSA) is 176 Å². The van der Waals surface area contributed by atoms with E-state index < -0.39 is 46.1 Å². The van der Waals surface area contributed by atoms with Gasteiger partial charge in [0, 0.05) is 43.4 Å².